The summed E-state index contributed by atoms with van der Waals surface area (Å²) in [6.45, 7) is 7.30. The Hall–Kier alpha value is -1.06. The third-order valence-electron chi connectivity index (χ3n) is 2.27. The molecule has 0 aromatic heterocycles. The van der Waals surface area contributed by atoms with Crippen LogP contribution in [0.3, 0.4) is 0 Å². The minimum absolute atomic E-state index is 0.127. The Morgan fingerprint density at radius 2 is 1.81 bits per heavy atom. The number of hydrogen-bond donors (Lipinski definition) is 1. The molecule has 0 aromatic rings. The number of carboxylic acids is 1. The Morgan fingerprint density at radius 1 is 1.25 bits per heavy atom. The average molecular weight is 230 g/mol. The van der Waals surface area contributed by atoms with E-state index in [2.05, 4.69) is 0 Å². The molecule has 0 saturated carbocycles. The topological polar surface area (TPSA) is 63.6 Å². The van der Waals surface area contributed by atoms with Crippen molar-refractivity contribution in [1.82, 2.24) is 0 Å². The number of ether oxygens (including phenoxy) is 1. The van der Waals surface area contributed by atoms with Crippen LogP contribution >= 0.6 is 0 Å². The van der Waals surface area contributed by atoms with Crippen LogP contribution in [0, 0.1) is 5.92 Å². The highest BCUT2D eigenvalue weighted by molar-refractivity contribution is 5.71. The van der Waals surface area contributed by atoms with Gasteiger partial charge in [-0.3, -0.25) is 9.59 Å². The third kappa shape index (κ3) is 7.26. The molecule has 0 rings (SSSR count). The highest BCUT2D eigenvalue weighted by Gasteiger charge is 2.23. The van der Waals surface area contributed by atoms with Crippen LogP contribution in [0.5, 0.6) is 0 Å². The van der Waals surface area contributed by atoms with E-state index in [-0.39, 0.29) is 18.3 Å². The standard InChI is InChI=1S/C12H22O4/c1-9(2)11(15)16-12(3,4)8-6-5-7-10(13)14/h9H,5-8H2,1-4H3,(H,13,14). The fourth-order valence-corrected chi connectivity index (χ4v) is 1.27. The maximum atomic E-state index is 11.4. The predicted molar refractivity (Wildman–Crippen MR) is 61.1 cm³/mol. The number of rotatable bonds is 7. The van der Waals surface area contributed by atoms with Crippen molar-refractivity contribution < 1.29 is 19.4 Å². The minimum atomic E-state index is -0.781. The van der Waals surface area contributed by atoms with Crippen LogP contribution in [0.25, 0.3) is 0 Å². The first kappa shape index (κ1) is 14.9. The van der Waals surface area contributed by atoms with Crippen LogP contribution in [0.15, 0.2) is 0 Å². The molecule has 0 aromatic carbocycles. The summed E-state index contributed by atoms with van der Waals surface area (Å²) in [5, 5.41) is 8.48. The van der Waals surface area contributed by atoms with Crippen LogP contribution in [0.1, 0.15) is 53.4 Å². The number of hydrogen-bond acceptors (Lipinski definition) is 3. The zero-order chi connectivity index (χ0) is 12.8. The second-order valence-corrected chi connectivity index (χ2v) is 4.94. The summed E-state index contributed by atoms with van der Waals surface area (Å²) >= 11 is 0. The molecule has 0 heterocycles. The zero-order valence-corrected chi connectivity index (χ0v) is 10.6. The van der Waals surface area contributed by atoms with E-state index in [0.29, 0.717) is 12.8 Å². The lowest BCUT2D eigenvalue weighted by molar-refractivity contribution is -0.161. The molecule has 0 unspecified atom stereocenters. The number of carbonyl (C=O) groups is 2. The summed E-state index contributed by atoms with van der Waals surface area (Å²) in [4.78, 5) is 21.7. The van der Waals surface area contributed by atoms with Crippen molar-refractivity contribution >= 4 is 11.9 Å². The molecule has 0 aliphatic heterocycles. The first-order valence-electron chi connectivity index (χ1n) is 5.69. The minimum Gasteiger partial charge on any atom is -0.481 e. The van der Waals surface area contributed by atoms with Gasteiger partial charge in [0.05, 0.1) is 5.92 Å². The van der Waals surface area contributed by atoms with E-state index in [0.717, 1.165) is 6.42 Å². The highest BCUT2D eigenvalue weighted by atomic mass is 16.6. The monoisotopic (exact) mass is 230 g/mol. The normalized spacial score (nSPS) is 11.6. The summed E-state index contributed by atoms with van der Waals surface area (Å²) in [6.07, 6.45) is 2.25. The lowest BCUT2D eigenvalue weighted by Crippen LogP contribution is -2.30. The van der Waals surface area contributed by atoms with Gasteiger partial charge in [0.25, 0.3) is 0 Å². The van der Waals surface area contributed by atoms with E-state index in [9.17, 15) is 9.59 Å². The van der Waals surface area contributed by atoms with Crippen molar-refractivity contribution in [2.45, 2.75) is 59.0 Å². The molecule has 0 amide bonds. The summed E-state index contributed by atoms with van der Waals surface area (Å²) in [6, 6.07) is 0. The van der Waals surface area contributed by atoms with Crippen molar-refractivity contribution in [2.24, 2.45) is 5.92 Å². The Labute approximate surface area is 97.0 Å². The van der Waals surface area contributed by atoms with Crippen molar-refractivity contribution in [2.75, 3.05) is 0 Å². The molecule has 0 saturated heterocycles. The summed E-state index contributed by atoms with van der Waals surface area (Å²) in [7, 11) is 0. The molecule has 0 bridgehead atoms. The molecule has 0 spiro atoms. The van der Waals surface area contributed by atoms with Gasteiger partial charge in [-0.1, -0.05) is 13.8 Å². The molecule has 1 N–H and O–H groups in total. The van der Waals surface area contributed by atoms with Crippen molar-refractivity contribution in [1.29, 1.82) is 0 Å². The SMILES string of the molecule is CC(C)C(=O)OC(C)(C)CCCCC(=O)O. The molecule has 0 atom stereocenters. The van der Waals surface area contributed by atoms with Gasteiger partial charge in [0.1, 0.15) is 5.60 Å². The molecule has 0 aliphatic rings. The second-order valence-electron chi connectivity index (χ2n) is 4.94. The Bertz CT molecular complexity index is 243. The van der Waals surface area contributed by atoms with E-state index < -0.39 is 11.6 Å². The van der Waals surface area contributed by atoms with E-state index in [1.54, 1.807) is 13.8 Å². The largest absolute Gasteiger partial charge is 0.481 e. The molecule has 0 aliphatic carbocycles. The van der Waals surface area contributed by atoms with Crippen LogP contribution in [0.4, 0.5) is 0 Å². The van der Waals surface area contributed by atoms with Crippen molar-refractivity contribution in [3.63, 3.8) is 0 Å². The number of esters is 1. The lowest BCUT2D eigenvalue weighted by Gasteiger charge is -2.26. The van der Waals surface area contributed by atoms with Crippen LogP contribution in [0.2, 0.25) is 0 Å². The summed E-state index contributed by atoms with van der Waals surface area (Å²) in [5.41, 5.74) is -0.500. The molecule has 16 heavy (non-hydrogen) atoms. The number of carbonyl (C=O) groups excluding carboxylic acids is 1. The van der Waals surface area contributed by atoms with Crippen molar-refractivity contribution in [3.05, 3.63) is 0 Å². The maximum Gasteiger partial charge on any atom is 0.308 e. The Balaban J connectivity index is 3.86. The van der Waals surface area contributed by atoms with Gasteiger partial charge in [-0.25, -0.2) is 0 Å². The highest BCUT2D eigenvalue weighted by Crippen LogP contribution is 2.20. The quantitative estimate of drug-likeness (QED) is 0.539. The third-order valence-corrected chi connectivity index (χ3v) is 2.27. The van der Waals surface area contributed by atoms with Gasteiger partial charge in [-0.05, 0) is 33.1 Å². The van der Waals surface area contributed by atoms with Gasteiger partial charge in [0.2, 0.25) is 0 Å². The van der Waals surface area contributed by atoms with Crippen molar-refractivity contribution in [3.8, 4) is 0 Å². The Kier molecular flexibility index (Phi) is 6.08. The molecule has 94 valence electrons. The number of carboxylic acid groups (broad SMARTS) is 1. The zero-order valence-electron chi connectivity index (χ0n) is 10.6. The van der Waals surface area contributed by atoms with Crippen LogP contribution in [-0.2, 0) is 14.3 Å². The summed E-state index contributed by atoms with van der Waals surface area (Å²) in [5.74, 6) is -1.11. The second kappa shape index (κ2) is 6.51. The molecule has 0 fully saturated rings. The molecular formula is C12H22O4. The molecule has 4 heteroatoms. The fraction of sp³-hybridized carbons (Fsp3) is 0.833. The van der Waals surface area contributed by atoms with E-state index in [1.807, 2.05) is 13.8 Å². The van der Waals surface area contributed by atoms with Gasteiger partial charge in [0, 0.05) is 6.42 Å². The molecule has 0 radical (unpaired) electrons. The maximum absolute atomic E-state index is 11.4. The summed E-state index contributed by atoms with van der Waals surface area (Å²) < 4.78 is 5.32. The predicted octanol–water partition coefficient (Wildman–Crippen LogP) is 2.61. The van der Waals surface area contributed by atoms with E-state index >= 15 is 0 Å². The first-order valence-corrected chi connectivity index (χ1v) is 5.69. The smallest absolute Gasteiger partial charge is 0.308 e. The van der Waals surface area contributed by atoms with E-state index in [1.165, 1.54) is 0 Å². The van der Waals surface area contributed by atoms with Gasteiger partial charge in [-0.15, -0.1) is 0 Å². The van der Waals surface area contributed by atoms with Gasteiger partial charge in [0.15, 0.2) is 0 Å². The van der Waals surface area contributed by atoms with E-state index in [4.69, 9.17) is 9.84 Å². The van der Waals surface area contributed by atoms with Crippen LogP contribution in [-0.4, -0.2) is 22.6 Å². The molecule has 4 nitrogen and oxygen atoms in total. The van der Waals surface area contributed by atoms with Crippen LogP contribution < -0.4 is 0 Å². The Morgan fingerprint density at radius 3 is 2.25 bits per heavy atom. The van der Waals surface area contributed by atoms with Gasteiger partial charge in [-0.2, -0.15) is 0 Å². The molecular weight excluding hydrogens is 208 g/mol. The number of unbranched alkanes of at least 4 members (excludes halogenated alkanes) is 1. The lowest BCUT2D eigenvalue weighted by atomic mass is 10.00. The average Bonchev–Trinajstić information content (AvgIpc) is 2.11. The van der Waals surface area contributed by atoms with Gasteiger partial charge >= 0.3 is 11.9 Å². The fourth-order valence-electron chi connectivity index (χ4n) is 1.27. The number of aliphatic carboxylic acids is 1. The van der Waals surface area contributed by atoms with Gasteiger partial charge < -0.3 is 9.84 Å². The first-order chi connectivity index (χ1) is 7.24.